The van der Waals surface area contributed by atoms with Gasteiger partial charge >= 0.3 is 0 Å². The van der Waals surface area contributed by atoms with Crippen LogP contribution in [-0.4, -0.2) is 76.9 Å². The predicted octanol–water partition coefficient (Wildman–Crippen LogP) is -0.790. The van der Waals surface area contributed by atoms with Gasteiger partial charge in [-0.2, -0.15) is 0 Å². The molecule has 0 aromatic heterocycles. The second-order valence-corrected chi connectivity index (χ2v) is 9.03. The number of phenolic OH excluding ortho intramolecular Hbond substituents is 2. The fourth-order valence-corrected chi connectivity index (χ4v) is 4.09. The average molecular weight is 624 g/mol. The van der Waals surface area contributed by atoms with Crippen molar-refractivity contribution in [1.29, 1.82) is 0 Å². The van der Waals surface area contributed by atoms with Crippen LogP contribution in [0.4, 0.5) is 0 Å². The third kappa shape index (κ3) is 9.66. The molecular formula is C25H37Cl3N6O6. The van der Waals surface area contributed by atoms with Crippen LogP contribution in [0, 0.1) is 0 Å². The molecule has 2 aromatic carbocycles. The minimum absolute atomic E-state index is 0. The maximum absolute atomic E-state index is 13.2. The number of hydrogen-bond acceptors (Lipinski definition) is 9. The third-order valence-electron chi connectivity index (χ3n) is 6.18. The monoisotopic (exact) mass is 622 g/mol. The molecule has 224 valence electrons. The van der Waals surface area contributed by atoms with Crippen LogP contribution in [0.25, 0.3) is 11.1 Å². The first kappa shape index (κ1) is 37.2. The molecular weight excluding hydrogens is 587 g/mol. The number of nitrogens with one attached hydrogen (secondary N) is 3. The molecule has 12 N–H and O–H groups in total. The molecule has 0 spiro atoms. The molecule has 4 atom stereocenters. The molecule has 1 heterocycles. The standard InChI is InChI=1S/C25H34N6O6.3ClH/c26-5-6-29-24(36)19-10-16-8-14(2-4-22(16)34)13-1-3-21(33)15(7-13)9-18(28)23(35)30-20(25(37)31-19)11-17(32)12-27;;;/h1-4,7-8,17-20,32-34H,5-6,9-12,26-28H2,(H,29,36)(H,30,35)(H,31,37);3*1H/t17-,18+,19+,20+;;;/m1.../s1. The normalized spacial score (nSPS) is 19.6. The number of carbonyl (C=O) groups is 3. The average Bonchev–Trinajstić information content (AvgIpc) is 2.88. The van der Waals surface area contributed by atoms with E-state index in [2.05, 4.69) is 16.0 Å². The lowest BCUT2D eigenvalue weighted by Crippen LogP contribution is -2.57. The molecule has 40 heavy (non-hydrogen) atoms. The summed E-state index contributed by atoms with van der Waals surface area (Å²) in [5.74, 6) is -2.11. The molecule has 3 rings (SSSR count). The summed E-state index contributed by atoms with van der Waals surface area (Å²) in [6, 6.07) is 6.15. The van der Waals surface area contributed by atoms with Gasteiger partial charge in [0, 0.05) is 38.9 Å². The van der Waals surface area contributed by atoms with Gasteiger partial charge in [-0.1, -0.05) is 12.1 Å². The van der Waals surface area contributed by atoms with Crippen molar-refractivity contribution in [1.82, 2.24) is 16.0 Å². The predicted molar refractivity (Wildman–Crippen MR) is 158 cm³/mol. The van der Waals surface area contributed by atoms with Crippen LogP contribution < -0.4 is 33.2 Å². The summed E-state index contributed by atoms with van der Waals surface area (Å²) in [4.78, 5) is 39.1. The van der Waals surface area contributed by atoms with E-state index in [9.17, 15) is 29.7 Å². The van der Waals surface area contributed by atoms with Crippen molar-refractivity contribution < 1.29 is 29.7 Å². The van der Waals surface area contributed by atoms with Gasteiger partial charge in [-0.15, -0.1) is 37.2 Å². The van der Waals surface area contributed by atoms with E-state index < -0.39 is 42.0 Å². The highest BCUT2D eigenvalue weighted by atomic mass is 35.5. The van der Waals surface area contributed by atoms with Crippen LogP contribution in [0.15, 0.2) is 36.4 Å². The molecule has 0 radical (unpaired) electrons. The Morgan fingerprint density at radius 3 is 2.00 bits per heavy atom. The highest BCUT2D eigenvalue weighted by Crippen LogP contribution is 2.30. The number of amides is 3. The maximum atomic E-state index is 13.2. The van der Waals surface area contributed by atoms with Gasteiger partial charge in [-0.25, -0.2) is 0 Å². The Bertz CT molecular complexity index is 1160. The molecule has 0 aliphatic carbocycles. The smallest absolute Gasteiger partial charge is 0.243 e. The Hall–Kier alpha value is -2.84. The van der Waals surface area contributed by atoms with E-state index in [0.717, 1.165) is 0 Å². The van der Waals surface area contributed by atoms with Gasteiger partial charge in [-0.05, 0) is 46.5 Å². The Morgan fingerprint density at radius 2 is 1.48 bits per heavy atom. The van der Waals surface area contributed by atoms with Crippen molar-refractivity contribution in [2.24, 2.45) is 17.2 Å². The van der Waals surface area contributed by atoms with E-state index in [4.69, 9.17) is 17.2 Å². The van der Waals surface area contributed by atoms with Crippen LogP contribution in [0.3, 0.4) is 0 Å². The van der Waals surface area contributed by atoms with E-state index in [-0.39, 0.29) is 87.6 Å². The third-order valence-corrected chi connectivity index (χ3v) is 6.18. The Labute approximate surface area is 250 Å². The number of halogens is 3. The SMILES string of the molecule is Cl.Cl.Cl.NCCNC(=O)[C@@H]1Cc2cc(ccc2O)-c2ccc(O)c(c2)C[C@H](N)C(=O)N[C@@H](C[C@@H](O)CN)C(=O)N1. The second-order valence-electron chi connectivity index (χ2n) is 9.03. The summed E-state index contributed by atoms with van der Waals surface area (Å²) in [5.41, 5.74) is 19.3. The van der Waals surface area contributed by atoms with Crippen LogP contribution in [-0.2, 0) is 27.2 Å². The summed E-state index contributed by atoms with van der Waals surface area (Å²) in [6.07, 6.45) is -1.44. The van der Waals surface area contributed by atoms with Gasteiger partial charge in [0.2, 0.25) is 17.7 Å². The lowest BCUT2D eigenvalue weighted by Gasteiger charge is -2.25. The van der Waals surface area contributed by atoms with Gasteiger partial charge in [0.1, 0.15) is 23.6 Å². The van der Waals surface area contributed by atoms with Crippen molar-refractivity contribution in [3.63, 3.8) is 0 Å². The number of benzene rings is 2. The lowest BCUT2D eigenvalue weighted by molar-refractivity contribution is -0.133. The largest absolute Gasteiger partial charge is 0.508 e. The van der Waals surface area contributed by atoms with E-state index in [1.165, 1.54) is 12.1 Å². The fraction of sp³-hybridized carbons (Fsp3) is 0.400. The summed E-state index contributed by atoms with van der Waals surface area (Å²) < 4.78 is 0. The minimum Gasteiger partial charge on any atom is -0.508 e. The first-order valence-corrected chi connectivity index (χ1v) is 12.0. The topological polar surface area (TPSA) is 226 Å². The molecule has 3 amide bonds. The Morgan fingerprint density at radius 1 is 0.925 bits per heavy atom. The van der Waals surface area contributed by atoms with Crippen molar-refractivity contribution in [3.8, 4) is 22.6 Å². The highest BCUT2D eigenvalue weighted by Gasteiger charge is 2.30. The van der Waals surface area contributed by atoms with E-state index in [1.54, 1.807) is 24.3 Å². The molecule has 4 bridgehead atoms. The van der Waals surface area contributed by atoms with Crippen molar-refractivity contribution >= 4 is 54.9 Å². The van der Waals surface area contributed by atoms with Gasteiger partial charge < -0.3 is 48.5 Å². The second kappa shape index (κ2) is 17.1. The number of aromatic hydroxyl groups is 2. The summed E-state index contributed by atoms with van der Waals surface area (Å²) >= 11 is 0. The molecule has 1 aliphatic heterocycles. The zero-order valence-electron chi connectivity index (χ0n) is 21.5. The van der Waals surface area contributed by atoms with Crippen LogP contribution >= 0.6 is 37.2 Å². The van der Waals surface area contributed by atoms with Gasteiger partial charge in [0.25, 0.3) is 0 Å². The Kier molecular flexibility index (Phi) is 15.9. The first-order valence-electron chi connectivity index (χ1n) is 12.0. The summed E-state index contributed by atoms with van der Waals surface area (Å²) in [6.45, 7) is 0.178. The van der Waals surface area contributed by atoms with Crippen LogP contribution in [0.2, 0.25) is 0 Å². The lowest BCUT2D eigenvalue weighted by atomic mass is 9.95. The molecule has 0 fully saturated rings. The fourth-order valence-electron chi connectivity index (χ4n) is 4.09. The number of hydrogen-bond donors (Lipinski definition) is 9. The van der Waals surface area contributed by atoms with E-state index in [1.807, 2.05) is 0 Å². The van der Waals surface area contributed by atoms with E-state index in [0.29, 0.717) is 22.3 Å². The van der Waals surface area contributed by atoms with Crippen molar-refractivity contribution in [2.75, 3.05) is 19.6 Å². The van der Waals surface area contributed by atoms with Crippen LogP contribution in [0.5, 0.6) is 11.5 Å². The molecule has 1 aliphatic rings. The quantitative estimate of drug-likeness (QED) is 0.196. The Balaban J connectivity index is 0.00000507. The number of phenols is 2. The molecule has 0 saturated carbocycles. The van der Waals surface area contributed by atoms with Crippen molar-refractivity contribution in [3.05, 3.63) is 47.5 Å². The minimum atomic E-state index is -1.26. The van der Waals surface area contributed by atoms with Gasteiger partial charge in [0.15, 0.2) is 0 Å². The number of aliphatic hydroxyl groups excluding tert-OH is 1. The number of carbonyl (C=O) groups excluding carboxylic acids is 3. The van der Waals surface area contributed by atoms with E-state index >= 15 is 0 Å². The van der Waals surface area contributed by atoms with Gasteiger partial charge in [0.05, 0.1) is 12.1 Å². The summed E-state index contributed by atoms with van der Waals surface area (Å²) in [7, 11) is 0. The number of aliphatic hydroxyl groups is 1. The molecule has 2 aromatic rings. The van der Waals surface area contributed by atoms with Crippen molar-refractivity contribution in [2.45, 2.75) is 43.5 Å². The van der Waals surface area contributed by atoms with Crippen LogP contribution in [0.1, 0.15) is 17.5 Å². The zero-order valence-corrected chi connectivity index (χ0v) is 24.0. The number of rotatable bonds is 6. The van der Waals surface area contributed by atoms with Gasteiger partial charge in [-0.3, -0.25) is 14.4 Å². The maximum Gasteiger partial charge on any atom is 0.243 e. The number of fused-ring (bicyclic) bond motifs is 5. The summed E-state index contributed by atoms with van der Waals surface area (Å²) in [5, 5.41) is 38.7. The highest BCUT2D eigenvalue weighted by molar-refractivity contribution is 5.93. The number of nitrogens with two attached hydrogens (primary N) is 3. The molecule has 15 heteroatoms. The zero-order chi connectivity index (χ0) is 27.1. The molecule has 0 unspecified atom stereocenters. The molecule has 0 saturated heterocycles. The first-order chi connectivity index (χ1) is 17.6. The molecule has 12 nitrogen and oxygen atoms in total.